The van der Waals surface area contributed by atoms with E-state index in [1.165, 1.54) is 5.56 Å². The number of benzene rings is 1. The summed E-state index contributed by atoms with van der Waals surface area (Å²) in [6.07, 6.45) is 3.63. The molecular weight excluding hydrogens is 306 g/mol. The average molecular weight is 326 g/mol. The summed E-state index contributed by atoms with van der Waals surface area (Å²) in [5.41, 5.74) is 2.16. The van der Waals surface area contributed by atoms with E-state index in [4.69, 9.17) is 4.74 Å². The van der Waals surface area contributed by atoms with Gasteiger partial charge in [0, 0.05) is 19.0 Å². The summed E-state index contributed by atoms with van der Waals surface area (Å²) in [5, 5.41) is 3.81. The summed E-state index contributed by atoms with van der Waals surface area (Å²) in [5.74, 6) is 0.0748. The molecule has 0 spiro atoms. The Kier molecular flexibility index (Phi) is 4.99. The van der Waals surface area contributed by atoms with Gasteiger partial charge < -0.3 is 10.1 Å². The van der Waals surface area contributed by atoms with Crippen LogP contribution in [0.4, 0.5) is 0 Å². The van der Waals surface area contributed by atoms with Crippen molar-refractivity contribution in [3.8, 4) is 0 Å². The smallest absolute Gasteiger partial charge is 0.223 e. The van der Waals surface area contributed by atoms with Crippen molar-refractivity contribution in [1.82, 2.24) is 5.32 Å². The first-order valence-electron chi connectivity index (χ1n) is 6.63. The molecule has 4 heteroatoms. The zero-order valence-corrected chi connectivity index (χ0v) is 12.8. The lowest BCUT2D eigenvalue weighted by molar-refractivity contribution is -0.134. The van der Waals surface area contributed by atoms with Crippen LogP contribution in [-0.2, 0) is 21.4 Å². The van der Waals surface area contributed by atoms with E-state index in [1.54, 1.807) is 7.11 Å². The molecule has 0 unspecified atom stereocenters. The molecule has 2 rings (SSSR count). The second-order valence-corrected chi connectivity index (χ2v) is 5.71. The molecule has 1 N–H and O–H groups in total. The number of ether oxygens (including phenoxy) is 1. The van der Waals surface area contributed by atoms with E-state index in [9.17, 15) is 4.79 Å². The number of amides is 1. The maximum absolute atomic E-state index is 11.9. The normalized spacial score (nSPS) is 16.7. The molecule has 1 saturated carbocycles. The third-order valence-corrected chi connectivity index (χ3v) is 4.46. The molecule has 0 bridgehead atoms. The molecule has 0 aromatic heterocycles. The third kappa shape index (κ3) is 3.80. The maximum Gasteiger partial charge on any atom is 0.223 e. The van der Waals surface area contributed by atoms with Gasteiger partial charge in [-0.05, 0) is 30.4 Å². The fourth-order valence-electron chi connectivity index (χ4n) is 2.40. The van der Waals surface area contributed by atoms with Crippen LogP contribution in [0.5, 0.6) is 0 Å². The summed E-state index contributed by atoms with van der Waals surface area (Å²) in [4.78, 5) is 11.9. The lowest BCUT2D eigenvalue weighted by Crippen LogP contribution is -2.43. The molecule has 1 amide bonds. The van der Waals surface area contributed by atoms with Crippen LogP contribution in [0.3, 0.4) is 0 Å². The quantitative estimate of drug-likeness (QED) is 0.816. The lowest BCUT2D eigenvalue weighted by Gasteiger charge is -2.39. The van der Waals surface area contributed by atoms with E-state index in [-0.39, 0.29) is 11.5 Å². The second-order valence-electron chi connectivity index (χ2n) is 5.15. The van der Waals surface area contributed by atoms with Crippen molar-refractivity contribution in [1.29, 1.82) is 0 Å². The standard InChI is InChI=1S/C15H20BrNO2/c1-19-15(6-3-7-15)9-14(18)17-11-13-5-2-4-12(8-13)10-16/h2,4-5,8H,3,6-7,9-11H2,1H3,(H,17,18). The molecule has 0 heterocycles. The van der Waals surface area contributed by atoms with E-state index >= 15 is 0 Å². The SMILES string of the molecule is COC1(CC(=O)NCc2cccc(CBr)c2)CCC1. The number of carbonyl (C=O) groups excluding carboxylic acids is 1. The molecule has 0 radical (unpaired) electrons. The zero-order chi connectivity index (χ0) is 13.7. The van der Waals surface area contributed by atoms with Crippen molar-refractivity contribution in [3.63, 3.8) is 0 Å². The van der Waals surface area contributed by atoms with Crippen LogP contribution in [0, 0.1) is 0 Å². The van der Waals surface area contributed by atoms with Gasteiger partial charge >= 0.3 is 0 Å². The van der Waals surface area contributed by atoms with E-state index in [0.717, 1.165) is 30.2 Å². The first-order chi connectivity index (χ1) is 9.17. The van der Waals surface area contributed by atoms with Crippen LogP contribution in [0.15, 0.2) is 24.3 Å². The molecule has 3 nitrogen and oxygen atoms in total. The molecule has 19 heavy (non-hydrogen) atoms. The number of alkyl halides is 1. The number of halogens is 1. The van der Waals surface area contributed by atoms with Gasteiger partial charge in [-0.2, -0.15) is 0 Å². The monoisotopic (exact) mass is 325 g/mol. The van der Waals surface area contributed by atoms with E-state index in [0.29, 0.717) is 13.0 Å². The molecule has 1 aromatic rings. The van der Waals surface area contributed by atoms with E-state index in [2.05, 4.69) is 33.4 Å². The summed E-state index contributed by atoms with van der Waals surface area (Å²) in [6.45, 7) is 0.583. The number of nitrogens with one attached hydrogen (secondary N) is 1. The van der Waals surface area contributed by atoms with Gasteiger partial charge in [-0.3, -0.25) is 4.79 Å². The van der Waals surface area contributed by atoms with E-state index < -0.39 is 0 Å². The largest absolute Gasteiger partial charge is 0.378 e. The van der Waals surface area contributed by atoms with Gasteiger partial charge in [-0.15, -0.1) is 0 Å². The Balaban J connectivity index is 1.82. The van der Waals surface area contributed by atoms with Gasteiger partial charge in [-0.1, -0.05) is 40.2 Å². The molecule has 1 aliphatic carbocycles. The van der Waals surface area contributed by atoms with Crippen LogP contribution < -0.4 is 5.32 Å². The molecule has 0 atom stereocenters. The van der Waals surface area contributed by atoms with Crippen molar-refractivity contribution in [2.45, 2.75) is 43.2 Å². The van der Waals surface area contributed by atoms with Gasteiger partial charge in [0.2, 0.25) is 5.91 Å². The van der Waals surface area contributed by atoms with Crippen LogP contribution in [0.25, 0.3) is 0 Å². The summed E-state index contributed by atoms with van der Waals surface area (Å²) < 4.78 is 5.47. The maximum atomic E-state index is 11.9. The van der Waals surface area contributed by atoms with Crippen molar-refractivity contribution in [2.24, 2.45) is 0 Å². The van der Waals surface area contributed by atoms with Crippen LogP contribution in [0.1, 0.15) is 36.8 Å². The number of rotatable bonds is 6. The third-order valence-electron chi connectivity index (χ3n) is 3.82. The molecule has 0 aliphatic heterocycles. The van der Waals surface area contributed by atoms with Crippen molar-refractivity contribution >= 4 is 21.8 Å². The zero-order valence-electron chi connectivity index (χ0n) is 11.2. The van der Waals surface area contributed by atoms with Crippen molar-refractivity contribution in [3.05, 3.63) is 35.4 Å². The predicted octanol–water partition coefficient (Wildman–Crippen LogP) is 3.16. The minimum Gasteiger partial charge on any atom is -0.378 e. The minimum atomic E-state index is -0.193. The van der Waals surface area contributed by atoms with Gasteiger partial charge in [0.25, 0.3) is 0 Å². The Bertz CT molecular complexity index is 438. The Hall–Kier alpha value is -0.870. The Morgan fingerprint density at radius 3 is 2.74 bits per heavy atom. The highest BCUT2D eigenvalue weighted by Gasteiger charge is 2.38. The first-order valence-corrected chi connectivity index (χ1v) is 7.75. The Morgan fingerprint density at radius 2 is 2.16 bits per heavy atom. The minimum absolute atomic E-state index is 0.0748. The number of hydrogen-bond donors (Lipinski definition) is 1. The van der Waals surface area contributed by atoms with Gasteiger partial charge in [0.15, 0.2) is 0 Å². The summed E-state index contributed by atoms with van der Waals surface area (Å²) in [6, 6.07) is 8.21. The lowest BCUT2D eigenvalue weighted by atomic mass is 9.77. The predicted molar refractivity (Wildman–Crippen MR) is 79.1 cm³/mol. The van der Waals surface area contributed by atoms with Gasteiger partial charge in [-0.25, -0.2) is 0 Å². The molecule has 1 aliphatic rings. The topological polar surface area (TPSA) is 38.3 Å². The van der Waals surface area contributed by atoms with Crippen LogP contribution >= 0.6 is 15.9 Å². The highest BCUT2D eigenvalue weighted by Crippen LogP contribution is 2.37. The number of carbonyl (C=O) groups is 1. The van der Waals surface area contributed by atoms with Crippen molar-refractivity contribution < 1.29 is 9.53 Å². The molecule has 104 valence electrons. The second kappa shape index (κ2) is 6.53. The number of methoxy groups -OCH3 is 1. The highest BCUT2D eigenvalue weighted by atomic mass is 79.9. The highest BCUT2D eigenvalue weighted by molar-refractivity contribution is 9.08. The van der Waals surface area contributed by atoms with E-state index in [1.807, 2.05) is 12.1 Å². The molecule has 0 saturated heterocycles. The van der Waals surface area contributed by atoms with Crippen LogP contribution in [-0.4, -0.2) is 18.6 Å². The Morgan fingerprint density at radius 1 is 1.42 bits per heavy atom. The van der Waals surface area contributed by atoms with Crippen molar-refractivity contribution in [2.75, 3.05) is 7.11 Å². The molecule has 1 aromatic carbocycles. The first kappa shape index (κ1) is 14.5. The summed E-state index contributed by atoms with van der Waals surface area (Å²) >= 11 is 3.43. The average Bonchev–Trinajstić information content (AvgIpc) is 2.41. The van der Waals surface area contributed by atoms with Crippen LogP contribution in [0.2, 0.25) is 0 Å². The van der Waals surface area contributed by atoms with Gasteiger partial charge in [0.1, 0.15) is 0 Å². The fourth-order valence-corrected chi connectivity index (χ4v) is 2.75. The summed E-state index contributed by atoms with van der Waals surface area (Å²) in [7, 11) is 1.70. The van der Waals surface area contributed by atoms with Gasteiger partial charge in [0.05, 0.1) is 12.0 Å². The Labute approximate surface area is 122 Å². The fraction of sp³-hybridized carbons (Fsp3) is 0.533. The molecular formula is C15H20BrNO2. The number of hydrogen-bond acceptors (Lipinski definition) is 2. The molecule has 1 fully saturated rings.